The van der Waals surface area contributed by atoms with Crippen LogP contribution in [0.25, 0.3) is 0 Å². The van der Waals surface area contributed by atoms with Crippen molar-refractivity contribution in [1.82, 2.24) is 15.1 Å². The maximum atomic E-state index is 10.6. The van der Waals surface area contributed by atoms with E-state index in [0.29, 0.717) is 6.54 Å². The molecule has 21 heavy (non-hydrogen) atoms. The van der Waals surface area contributed by atoms with Crippen molar-refractivity contribution in [2.24, 2.45) is 7.05 Å². The Bertz CT molecular complexity index is 593. The highest BCUT2D eigenvalue weighted by molar-refractivity contribution is 5.34. The van der Waals surface area contributed by atoms with Crippen molar-refractivity contribution >= 4 is 0 Å². The monoisotopic (exact) mass is 289 g/mol. The summed E-state index contributed by atoms with van der Waals surface area (Å²) in [7, 11) is 1.82. The Hall–Kier alpha value is -1.85. The summed E-state index contributed by atoms with van der Waals surface area (Å²) in [5, 5.41) is 27.9. The van der Waals surface area contributed by atoms with Crippen LogP contribution >= 0.6 is 0 Å². The molecule has 0 radical (unpaired) electrons. The number of aromatic nitrogens is 2. The molecule has 0 aliphatic carbocycles. The fourth-order valence-electron chi connectivity index (χ4n) is 2.38. The Labute approximate surface area is 125 Å². The number of rotatable bonds is 6. The fraction of sp³-hybridized carbons (Fsp3) is 0.438. The zero-order valence-electron chi connectivity index (χ0n) is 12.7. The summed E-state index contributed by atoms with van der Waals surface area (Å²) < 4.78 is 1.67. The maximum absolute atomic E-state index is 10.6. The molecule has 114 valence electrons. The number of benzene rings is 1. The van der Waals surface area contributed by atoms with Crippen LogP contribution in [0, 0.1) is 0 Å². The first kappa shape index (κ1) is 15.5. The largest absolute Gasteiger partial charge is 0.508 e. The first-order chi connectivity index (χ1) is 9.94. The van der Waals surface area contributed by atoms with Crippen molar-refractivity contribution in [1.29, 1.82) is 0 Å². The predicted molar refractivity (Wildman–Crippen MR) is 81.9 cm³/mol. The van der Waals surface area contributed by atoms with Gasteiger partial charge < -0.3 is 15.5 Å². The quantitative estimate of drug-likeness (QED) is 0.761. The number of nitrogens with zero attached hydrogens (tertiary/aromatic N) is 2. The standard InChI is InChI=1S/C16H23N3O2/c1-4-14(13-7-5-6-8-15(13)20)17-11-16(2,21)12-9-18-19(3)10-12/h5-10,14,17,20-21H,4,11H2,1-3H3/t14-,16+/m0/s1. The second-order valence-electron chi connectivity index (χ2n) is 5.58. The van der Waals surface area contributed by atoms with Crippen molar-refractivity contribution in [2.45, 2.75) is 31.9 Å². The number of hydrogen-bond donors (Lipinski definition) is 3. The summed E-state index contributed by atoms with van der Waals surface area (Å²) in [5.74, 6) is 0.276. The van der Waals surface area contributed by atoms with E-state index < -0.39 is 5.60 Å². The molecule has 1 aromatic heterocycles. The van der Waals surface area contributed by atoms with E-state index in [4.69, 9.17) is 0 Å². The van der Waals surface area contributed by atoms with Crippen LogP contribution in [-0.2, 0) is 12.6 Å². The van der Waals surface area contributed by atoms with Crippen molar-refractivity contribution < 1.29 is 10.2 Å². The lowest BCUT2D eigenvalue weighted by molar-refractivity contribution is 0.0534. The molecule has 0 saturated carbocycles. The van der Waals surface area contributed by atoms with Gasteiger partial charge in [0, 0.05) is 37.0 Å². The molecule has 0 fully saturated rings. The molecule has 0 aliphatic heterocycles. The van der Waals surface area contributed by atoms with Gasteiger partial charge in [-0.3, -0.25) is 4.68 Å². The number of phenolic OH excluding ortho intramolecular Hbond substituents is 1. The Kier molecular flexibility index (Phi) is 4.65. The maximum Gasteiger partial charge on any atom is 0.120 e. The molecule has 0 unspecified atom stereocenters. The van der Waals surface area contributed by atoms with Gasteiger partial charge in [-0.15, -0.1) is 0 Å². The third-order valence-electron chi connectivity index (χ3n) is 3.74. The highest BCUT2D eigenvalue weighted by Crippen LogP contribution is 2.27. The molecular weight excluding hydrogens is 266 g/mol. The minimum atomic E-state index is -1.01. The number of nitrogens with one attached hydrogen (secondary N) is 1. The van der Waals surface area contributed by atoms with E-state index in [2.05, 4.69) is 10.4 Å². The number of aliphatic hydroxyl groups is 1. The van der Waals surface area contributed by atoms with E-state index in [1.165, 1.54) is 0 Å². The van der Waals surface area contributed by atoms with Gasteiger partial charge in [-0.05, 0) is 19.4 Å². The van der Waals surface area contributed by atoms with Crippen LogP contribution < -0.4 is 5.32 Å². The number of aromatic hydroxyl groups is 1. The molecule has 0 amide bonds. The van der Waals surface area contributed by atoms with Gasteiger partial charge in [0.2, 0.25) is 0 Å². The van der Waals surface area contributed by atoms with Crippen LogP contribution in [0.15, 0.2) is 36.7 Å². The zero-order chi connectivity index (χ0) is 15.5. The molecule has 0 bridgehead atoms. The van der Waals surface area contributed by atoms with E-state index in [1.807, 2.05) is 32.3 Å². The summed E-state index contributed by atoms with van der Waals surface area (Å²) in [5.41, 5.74) is 0.609. The van der Waals surface area contributed by atoms with Crippen molar-refractivity contribution in [3.63, 3.8) is 0 Å². The fourth-order valence-corrected chi connectivity index (χ4v) is 2.38. The molecule has 5 heteroatoms. The van der Waals surface area contributed by atoms with E-state index in [0.717, 1.165) is 17.5 Å². The molecule has 0 aliphatic rings. The zero-order valence-corrected chi connectivity index (χ0v) is 12.7. The van der Waals surface area contributed by atoms with Crippen LogP contribution in [0.5, 0.6) is 5.75 Å². The van der Waals surface area contributed by atoms with Gasteiger partial charge in [0.25, 0.3) is 0 Å². The average Bonchev–Trinajstić information content (AvgIpc) is 2.89. The van der Waals surface area contributed by atoms with Crippen LogP contribution in [0.2, 0.25) is 0 Å². The van der Waals surface area contributed by atoms with Crippen molar-refractivity contribution in [2.75, 3.05) is 6.54 Å². The van der Waals surface area contributed by atoms with E-state index in [9.17, 15) is 10.2 Å². The molecule has 2 atom stereocenters. The van der Waals surface area contributed by atoms with Gasteiger partial charge in [0.15, 0.2) is 0 Å². The third kappa shape index (κ3) is 3.62. The summed E-state index contributed by atoms with van der Waals surface area (Å²) >= 11 is 0. The highest BCUT2D eigenvalue weighted by Gasteiger charge is 2.26. The molecule has 2 aromatic rings. The lowest BCUT2D eigenvalue weighted by atomic mass is 9.97. The van der Waals surface area contributed by atoms with Gasteiger partial charge in [0.1, 0.15) is 11.4 Å². The van der Waals surface area contributed by atoms with Gasteiger partial charge in [-0.25, -0.2) is 0 Å². The Morgan fingerprint density at radius 2 is 2.10 bits per heavy atom. The van der Waals surface area contributed by atoms with Crippen LogP contribution in [0.1, 0.15) is 37.4 Å². The molecule has 0 spiro atoms. The van der Waals surface area contributed by atoms with Crippen LogP contribution in [0.4, 0.5) is 0 Å². The number of hydrogen-bond acceptors (Lipinski definition) is 4. The van der Waals surface area contributed by atoms with Gasteiger partial charge in [-0.1, -0.05) is 25.1 Å². The molecular formula is C16H23N3O2. The van der Waals surface area contributed by atoms with Crippen molar-refractivity contribution in [3.8, 4) is 5.75 Å². The molecule has 1 heterocycles. The van der Waals surface area contributed by atoms with E-state index in [-0.39, 0.29) is 11.8 Å². The molecule has 5 nitrogen and oxygen atoms in total. The van der Waals surface area contributed by atoms with Crippen molar-refractivity contribution in [3.05, 3.63) is 47.8 Å². The number of aryl methyl sites for hydroxylation is 1. The summed E-state index contributed by atoms with van der Waals surface area (Å²) in [4.78, 5) is 0. The second kappa shape index (κ2) is 6.28. The first-order valence-electron chi connectivity index (χ1n) is 7.17. The molecule has 3 N–H and O–H groups in total. The van der Waals surface area contributed by atoms with Gasteiger partial charge >= 0.3 is 0 Å². The van der Waals surface area contributed by atoms with Crippen LogP contribution in [0.3, 0.4) is 0 Å². The van der Waals surface area contributed by atoms with Gasteiger partial charge in [-0.2, -0.15) is 5.10 Å². The minimum absolute atomic E-state index is 0.00523. The number of para-hydroxylation sites is 1. The summed E-state index contributed by atoms with van der Waals surface area (Å²) in [6.45, 7) is 4.18. The molecule has 0 saturated heterocycles. The molecule has 2 rings (SSSR count). The topological polar surface area (TPSA) is 70.3 Å². The number of phenols is 1. The van der Waals surface area contributed by atoms with Gasteiger partial charge in [0.05, 0.1) is 6.20 Å². The lowest BCUT2D eigenvalue weighted by Gasteiger charge is -2.26. The SMILES string of the molecule is CC[C@H](NC[C@@](C)(O)c1cnn(C)c1)c1ccccc1O. The lowest BCUT2D eigenvalue weighted by Crippen LogP contribution is -2.37. The van der Waals surface area contributed by atoms with E-state index >= 15 is 0 Å². The second-order valence-corrected chi connectivity index (χ2v) is 5.58. The smallest absolute Gasteiger partial charge is 0.120 e. The Morgan fingerprint density at radius 1 is 1.38 bits per heavy atom. The van der Waals surface area contributed by atoms with E-state index in [1.54, 1.807) is 29.9 Å². The molecule has 1 aromatic carbocycles. The first-order valence-corrected chi connectivity index (χ1v) is 7.17. The van der Waals surface area contributed by atoms with Crippen LogP contribution in [-0.4, -0.2) is 26.5 Å². The normalized spacial score (nSPS) is 15.6. The Morgan fingerprint density at radius 3 is 2.67 bits per heavy atom. The third-order valence-corrected chi connectivity index (χ3v) is 3.74. The Balaban J connectivity index is 2.08. The minimum Gasteiger partial charge on any atom is -0.508 e. The predicted octanol–water partition coefficient (Wildman–Crippen LogP) is 2.07. The average molecular weight is 289 g/mol. The highest BCUT2D eigenvalue weighted by atomic mass is 16.3. The summed E-state index contributed by atoms with van der Waals surface area (Å²) in [6, 6.07) is 7.28. The summed E-state index contributed by atoms with van der Waals surface area (Å²) in [6.07, 6.45) is 4.30.